The van der Waals surface area contributed by atoms with Crippen molar-refractivity contribution in [3.05, 3.63) is 16.8 Å². The van der Waals surface area contributed by atoms with E-state index in [9.17, 15) is 4.79 Å². The first-order valence-corrected chi connectivity index (χ1v) is 6.85. The highest BCUT2D eigenvalue weighted by atomic mass is 79.9. The topological polar surface area (TPSA) is 64.8 Å². The summed E-state index contributed by atoms with van der Waals surface area (Å²) >= 11 is 3.15. The summed E-state index contributed by atoms with van der Waals surface area (Å²) in [5, 5.41) is 0. The number of ether oxygens (including phenoxy) is 2. The van der Waals surface area contributed by atoms with E-state index in [-0.39, 0.29) is 12.1 Å². The van der Waals surface area contributed by atoms with E-state index < -0.39 is 5.60 Å². The molecule has 7 heteroatoms. The maximum absolute atomic E-state index is 12.2. The maximum atomic E-state index is 12.2. The molecule has 1 aliphatic rings. The van der Waals surface area contributed by atoms with Crippen molar-refractivity contribution in [2.75, 3.05) is 19.8 Å². The number of carbonyl (C=O) groups is 1. The van der Waals surface area contributed by atoms with Crippen molar-refractivity contribution < 1.29 is 18.7 Å². The van der Waals surface area contributed by atoms with E-state index in [4.69, 9.17) is 13.9 Å². The summed E-state index contributed by atoms with van der Waals surface area (Å²) in [6.07, 6.45) is 1.22. The van der Waals surface area contributed by atoms with Crippen LogP contribution in [0.3, 0.4) is 0 Å². The molecule has 1 atom stereocenters. The highest BCUT2D eigenvalue weighted by molar-refractivity contribution is 9.10. The third kappa shape index (κ3) is 3.70. The van der Waals surface area contributed by atoms with Gasteiger partial charge in [-0.25, -0.2) is 9.78 Å². The summed E-state index contributed by atoms with van der Waals surface area (Å²) in [6, 6.07) is -0.303. The Morgan fingerprint density at radius 1 is 1.58 bits per heavy atom. The van der Waals surface area contributed by atoms with Gasteiger partial charge in [0.25, 0.3) is 4.80 Å². The second-order valence-electron chi connectivity index (χ2n) is 5.28. The van der Waals surface area contributed by atoms with Gasteiger partial charge in [-0.3, -0.25) is 4.90 Å². The van der Waals surface area contributed by atoms with E-state index in [2.05, 4.69) is 20.9 Å². The van der Waals surface area contributed by atoms with Crippen LogP contribution < -0.4 is 0 Å². The average molecular weight is 333 g/mol. The number of hydrogen-bond donors (Lipinski definition) is 0. The Morgan fingerprint density at radius 2 is 2.32 bits per heavy atom. The first-order chi connectivity index (χ1) is 8.87. The van der Waals surface area contributed by atoms with Gasteiger partial charge < -0.3 is 13.9 Å². The summed E-state index contributed by atoms with van der Waals surface area (Å²) in [6.45, 7) is 6.85. The molecule has 1 aliphatic heterocycles. The molecule has 0 bridgehead atoms. The lowest BCUT2D eigenvalue weighted by molar-refractivity contribution is -0.0379. The van der Waals surface area contributed by atoms with Gasteiger partial charge in [-0.2, -0.15) is 0 Å². The number of rotatable bonds is 1. The van der Waals surface area contributed by atoms with E-state index in [0.717, 1.165) is 0 Å². The van der Waals surface area contributed by atoms with Crippen LogP contribution in [0.25, 0.3) is 0 Å². The van der Waals surface area contributed by atoms with Gasteiger partial charge in [0.2, 0.25) is 0 Å². The molecular formula is C12H17BrN2O4. The van der Waals surface area contributed by atoms with Gasteiger partial charge in [0, 0.05) is 22.5 Å². The second kappa shape index (κ2) is 5.50. The zero-order chi connectivity index (χ0) is 14.0. The second-order valence-corrected chi connectivity index (χ2v) is 5.96. The smallest absolute Gasteiger partial charge is 0.411 e. The molecular weight excluding hydrogens is 316 g/mol. The highest BCUT2D eigenvalue weighted by Gasteiger charge is 2.34. The van der Waals surface area contributed by atoms with Gasteiger partial charge in [0.1, 0.15) is 11.6 Å². The molecule has 1 aromatic heterocycles. The van der Waals surface area contributed by atoms with Crippen LogP contribution in [0.1, 0.15) is 32.6 Å². The molecule has 1 aromatic rings. The molecule has 106 valence electrons. The van der Waals surface area contributed by atoms with E-state index in [1.165, 1.54) is 0 Å². The SMILES string of the molecule is CC(C)(C)OC(=O)N1CCOCC1c1cnc(Br)o1. The van der Waals surface area contributed by atoms with Crippen molar-refractivity contribution in [2.24, 2.45) is 0 Å². The van der Waals surface area contributed by atoms with E-state index in [1.807, 2.05) is 20.8 Å². The number of morpholine rings is 1. The zero-order valence-electron chi connectivity index (χ0n) is 11.2. The number of halogens is 1. The quantitative estimate of drug-likeness (QED) is 0.791. The van der Waals surface area contributed by atoms with Gasteiger partial charge >= 0.3 is 6.09 Å². The molecule has 1 saturated heterocycles. The molecule has 2 rings (SSSR count). The normalized spacial score (nSPS) is 20.4. The molecule has 19 heavy (non-hydrogen) atoms. The maximum Gasteiger partial charge on any atom is 0.411 e. The van der Waals surface area contributed by atoms with E-state index in [0.29, 0.717) is 30.3 Å². The van der Waals surface area contributed by atoms with Gasteiger partial charge in [-0.15, -0.1) is 0 Å². The molecule has 1 amide bonds. The minimum atomic E-state index is -0.526. The van der Waals surface area contributed by atoms with Crippen molar-refractivity contribution in [3.8, 4) is 0 Å². The van der Waals surface area contributed by atoms with Crippen molar-refractivity contribution in [2.45, 2.75) is 32.4 Å². The fourth-order valence-electron chi connectivity index (χ4n) is 1.80. The van der Waals surface area contributed by atoms with Crippen molar-refractivity contribution in [3.63, 3.8) is 0 Å². The Hall–Kier alpha value is -1.08. The summed E-state index contributed by atoms with van der Waals surface area (Å²) < 4.78 is 16.2. The standard InChI is InChI=1S/C12H17BrN2O4/c1-12(2,3)19-11(16)15-4-5-17-7-8(15)9-6-14-10(13)18-9/h6,8H,4-5,7H2,1-3H3. The number of aromatic nitrogens is 1. The lowest BCUT2D eigenvalue weighted by Crippen LogP contribution is -2.45. The third-order valence-electron chi connectivity index (χ3n) is 2.58. The van der Waals surface area contributed by atoms with Crippen LogP contribution in [-0.2, 0) is 9.47 Å². The Morgan fingerprint density at radius 3 is 2.89 bits per heavy atom. The van der Waals surface area contributed by atoms with Crippen molar-refractivity contribution in [1.29, 1.82) is 0 Å². The number of nitrogens with zero attached hydrogens (tertiary/aromatic N) is 2. The number of carbonyl (C=O) groups excluding carboxylic acids is 1. The first kappa shape index (κ1) is 14.3. The molecule has 0 aliphatic carbocycles. The minimum Gasteiger partial charge on any atom is -0.444 e. The molecule has 2 heterocycles. The van der Waals surface area contributed by atoms with Crippen LogP contribution >= 0.6 is 15.9 Å². The largest absolute Gasteiger partial charge is 0.444 e. The predicted octanol–water partition coefficient (Wildman–Crippen LogP) is 2.75. The fraction of sp³-hybridized carbons (Fsp3) is 0.667. The minimum absolute atomic E-state index is 0.303. The number of oxazole rings is 1. The zero-order valence-corrected chi connectivity index (χ0v) is 12.8. The van der Waals surface area contributed by atoms with Gasteiger partial charge in [0.15, 0.2) is 5.76 Å². The van der Waals surface area contributed by atoms with Crippen LogP contribution in [0.2, 0.25) is 0 Å². The van der Waals surface area contributed by atoms with Crippen LogP contribution in [0.15, 0.2) is 15.4 Å². The molecule has 1 unspecified atom stereocenters. The molecule has 6 nitrogen and oxygen atoms in total. The molecule has 1 fully saturated rings. The number of amides is 1. The molecule has 0 aromatic carbocycles. The molecule has 0 N–H and O–H groups in total. The van der Waals surface area contributed by atoms with Crippen LogP contribution in [0, 0.1) is 0 Å². The lowest BCUT2D eigenvalue weighted by atomic mass is 10.2. The summed E-state index contributed by atoms with van der Waals surface area (Å²) in [5.74, 6) is 0.581. The lowest BCUT2D eigenvalue weighted by Gasteiger charge is -2.35. The van der Waals surface area contributed by atoms with Gasteiger partial charge in [0.05, 0.1) is 19.4 Å². The van der Waals surface area contributed by atoms with Crippen LogP contribution in [0.5, 0.6) is 0 Å². The highest BCUT2D eigenvalue weighted by Crippen LogP contribution is 2.27. The molecule has 0 spiro atoms. The fourth-order valence-corrected chi connectivity index (χ4v) is 2.09. The van der Waals surface area contributed by atoms with Gasteiger partial charge in [-0.05, 0) is 20.8 Å². The average Bonchev–Trinajstić information content (AvgIpc) is 2.73. The van der Waals surface area contributed by atoms with Gasteiger partial charge in [-0.1, -0.05) is 0 Å². The van der Waals surface area contributed by atoms with Crippen molar-refractivity contribution in [1.82, 2.24) is 9.88 Å². The predicted molar refractivity (Wildman–Crippen MR) is 70.7 cm³/mol. The van der Waals surface area contributed by atoms with Crippen LogP contribution in [0.4, 0.5) is 4.79 Å². The summed E-state index contributed by atoms with van der Waals surface area (Å²) in [4.78, 5) is 18.2. The number of hydrogen-bond acceptors (Lipinski definition) is 5. The summed E-state index contributed by atoms with van der Waals surface area (Å²) in [7, 11) is 0. The Labute approximate surface area is 120 Å². The monoisotopic (exact) mass is 332 g/mol. The van der Waals surface area contributed by atoms with Crippen molar-refractivity contribution >= 4 is 22.0 Å². The Bertz CT molecular complexity index is 455. The first-order valence-electron chi connectivity index (χ1n) is 6.05. The van der Waals surface area contributed by atoms with E-state index >= 15 is 0 Å². The van der Waals surface area contributed by atoms with E-state index in [1.54, 1.807) is 11.1 Å². The summed E-state index contributed by atoms with van der Waals surface area (Å²) in [5.41, 5.74) is -0.526. The molecule has 0 radical (unpaired) electrons. The third-order valence-corrected chi connectivity index (χ3v) is 2.95. The van der Waals surface area contributed by atoms with Crippen LogP contribution in [-0.4, -0.2) is 41.3 Å². The Kier molecular flexibility index (Phi) is 4.15. The Balaban J connectivity index is 2.14. The molecule has 0 saturated carbocycles.